The molecule has 1 N–H and O–H groups in total. The van der Waals surface area contributed by atoms with Crippen LogP contribution in [0.15, 0.2) is 42.6 Å². The maximum Gasteiger partial charge on any atom is 0.308 e. The Balaban J connectivity index is 1.85. The van der Waals surface area contributed by atoms with E-state index in [1.54, 1.807) is 24.4 Å². The van der Waals surface area contributed by atoms with Crippen molar-refractivity contribution in [2.24, 2.45) is 5.92 Å². The first-order valence-corrected chi connectivity index (χ1v) is 7.18. The summed E-state index contributed by atoms with van der Waals surface area (Å²) in [6.07, 6.45) is 1.67. The number of halogens is 1. The lowest BCUT2D eigenvalue weighted by molar-refractivity contribution is -0.141. The van der Waals surface area contributed by atoms with Gasteiger partial charge in [-0.25, -0.2) is 4.98 Å². The van der Waals surface area contributed by atoms with Gasteiger partial charge < -0.3 is 10.0 Å². The van der Waals surface area contributed by atoms with E-state index in [-0.39, 0.29) is 18.9 Å². The number of pyridine rings is 1. The Morgan fingerprint density at radius 3 is 2.59 bits per heavy atom. The number of carbonyl (C=O) groups is 2. The molecule has 0 bridgehead atoms. The van der Waals surface area contributed by atoms with E-state index in [4.69, 9.17) is 16.7 Å². The average Bonchev–Trinajstić information content (AvgIpc) is 2.90. The first-order valence-electron chi connectivity index (χ1n) is 6.80. The summed E-state index contributed by atoms with van der Waals surface area (Å²) in [5.74, 6) is -1.74. The van der Waals surface area contributed by atoms with Crippen LogP contribution in [0, 0.1) is 5.92 Å². The number of hydrogen-bond acceptors (Lipinski definition) is 3. The van der Waals surface area contributed by atoms with Crippen LogP contribution >= 0.6 is 11.6 Å². The normalized spacial score (nSPS) is 17.8. The topological polar surface area (TPSA) is 70.5 Å². The van der Waals surface area contributed by atoms with Crippen LogP contribution in [0.3, 0.4) is 0 Å². The molecule has 2 aromatic rings. The highest BCUT2D eigenvalue weighted by molar-refractivity contribution is 6.32. The number of carboxylic acid groups (broad SMARTS) is 1. The average molecular weight is 317 g/mol. The third kappa shape index (κ3) is 2.67. The number of aromatic nitrogens is 1. The molecule has 1 aromatic heterocycles. The molecule has 0 saturated carbocycles. The van der Waals surface area contributed by atoms with Gasteiger partial charge in [-0.3, -0.25) is 9.59 Å². The molecule has 112 valence electrons. The van der Waals surface area contributed by atoms with Gasteiger partial charge in [0.05, 0.1) is 5.92 Å². The number of carbonyl (C=O) groups excluding carboxylic acids is 1. The Kier molecular flexibility index (Phi) is 3.81. The van der Waals surface area contributed by atoms with E-state index in [0.717, 1.165) is 11.1 Å². The van der Waals surface area contributed by atoms with Gasteiger partial charge in [-0.15, -0.1) is 0 Å². The Morgan fingerprint density at radius 1 is 1.27 bits per heavy atom. The Morgan fingerprint density at radius 2 is 2.00 bits per heavy atom. The predicted octanol–water partition coefficient (Wildman–Crippen LogP) is 2.84. The van der Waals surface area contributed by atoms with Crippen LogP contribution in [0.25, 0.3) is 11.1 Å². The fourth-order valence-electron chi connectivity index (χ4n) is 2.54. The lowest BCUT2D eigenvalue weighted by Gasteiger charge is -2.16. The van der Waals surface area contributed by atoms with Gasteiger partial charge in [-0.1, -0.05) is 23.7 Å². The Bertz CT molecular complexity index is 730. The maximum atomic E-state index is 11.9. The van der Waals surface area contributed by atoms with E-state index < -0.39 is 11.9 Å². The highest BCUT2D eigenvalue weighted by Crippen LogP contribution is 2.30. The van der Waals surface area contributed by atoms with Crippen molar-refractivity contribution in [1.29, 1.82) is 0 Å². The summed E-state index contributed by atoms with van der Waals surface area (Å²) < 4.78 is 0. The lowest BCUT2D eigenvalue weighted by Crippen LogP contribution is -2.25. The number of aliphatic carboxylic acids is 1. The molecule has 2 heterocycles. The standard InChI is InChI=1S/C16H13ClN2O3/c17-15-13(2-1-7-18-15)10-3-5-12(6-4-10)19-9-11(16(21)22)8-14(19)20/h1-7,11H,8-9H2,(H,21,22). The molecular formula is C16H13ClN2O3. The van der Waals surface area contributed by atoms with Crippen molar-refractivity contribution >= 4 is 29.2 Å². The van der Waals surface area contributed by atoms with Crippen LogP contribution < -0.4 is 4.90 Å². The zero-order valence-electron chi connectivity index (χ0n) is 11.6. The highest BCUT2D eigenvalue weighted by Gasteiger charge is 2.34. The minimum absolute atomic E-state index is 0.0471. The van der Waals surface area contributed by atoms with Gasteiger partial charge in [0.1, 0.15) is 5.15 Å². The van der Waals surface area contributed by atoms with Crippen molar-refractivity contribution in [3.8, 4) is 11.1 Å². The summed E-state index contributed by atoms with van der Waals surface area (Å²) in [6, 6.07) is 10.9. The van der Waals surface area contributed by atoms with E-state index in [9.17, 15) is 9.59 Å². The molecule has 1 amide bonds. The summed E-state index contributed by atoms with van der Waals surface area (Å²) >= 11 is 6.06. The van der Waals surface area contributed by atoms with Crippen molar-refractivity contribution in [2.75, 3.05) is 11.4 Å². The predicted molar refractivity (Wildman–Crippen MR) is 82.8 cm³/mol. The van der Waals surface area contributed by atoms with Crippen molar-refractivity contribution in [1.82, 2.24) is 4.98 Å². The van der Waals surface area contributed by atoms with Gasteiger partial charge in [0.15, 0.2) is 0 Å². The molecule has 1 aliphatic rings. The molecule has 22 heavy (non-hydrogen) atoms. The smallest absolute Gasteiger partial charge is 0.308 e. The molecule has 1 aromatic carbocycles. The quantitative estimate of drug-likeness (QED) is 0.884. The summed E-state index contributed by atoms with van der Waals surface area (Å²) in [6.45, 7) is 0.209. The summed E-state index contributed by atoms with van der Waals surface area (Å²) in [4.78, 5) is 28.5. The number of anilines is 1. The summed E-state index contributed by atoms with van der Waals surface area (Å²) in [7, 11) is 0. The molecule has 1 fully saturated rings. The number of rotatable bonds is 3. The van der Waals surface area contributed by atoms with E-state index in [1.807, 2.05) is 18.2 Å². The zero-order chi connectivity index (χ0) is 15.7. The Labute approximate surface area is 132 Å². The molecule has 3 rings (SSSR count). The maximum absolute atomic E-state index is 11.9. The molecule has 0 aliphatic carbocycles. The second kappa shape index (κ2) is 5.77. The minimum atomic E-state index is -0.936. The number of benzene rings is 1. The van der Waals surface area contributed by atoms with Crippen LogP contribution in [0.2, 0.25) is 5.15 Å². The SMILES string of the molecule is O=C(O)C1CC(=O)N(c2ccc(-c3cccnc3Cl)cc2)C1. The number of nitrogens with zero attached hydrogens (tertiary/aromatic N) is 2. The molecule has 0 radical (unpaired) electrons. The van der Waals surface area contributed by atoms with Crippen LogP contribution in [0.5, 0.6) is 0 Å². The van der Waals surface area contributed by atoms with E-state index >= 15 is 0 Å². The largest absolute Gasteiger partial charge is 0.481 e. The molecule has 0 spiro atoms. The van der Waals surface area contributed by atoms with Gasteiger partial charge >= 0.3 is 5.97 Å². The zero-order valence-corrected chi connectivity index (χ0v) is 12.3. The van der Waals surface area contributed by atoms with Crippen molar-refractivity contribution in [3.05, 3.63) is 47.7 Å². The van der Waals surface area contributed by atoms with Gasteiger partial charge in [0, 0.05) is 30.4 Å². The molecule has 6 heteroatoms. The second-order valence-corrected chi connectivity index (χ2v) is 5.49. The third-order valence-corrected chi connectivity index (χ3v) is 4.02. The van der Waals surface area contributed by atoms with Gasteiger partial charge in [0.25, 0.3) is 0 Å². The number of hydrogen-bond donors (Lipinski definition) is 1. The van der Waals surface area contributed by atoms with Gasteiger partial charge in [-0.05, 0) is 29.8 Å². The van der Waals surface area contributed by atoms with E-state index in [2.05, 4.69) is 4.98 Å². The fourth-order valence-corrected chi connectivity index (χ4v) is 2.77. The Hall–Kier alpha value is -2.40. The van der Waals surface area contributed by atoms with Gasteiger partial charge in [-0.2, -0.15) is 0 Å². The summed E-state index contributed by atoms with van der Waals surface area (Å²) in [5, 5.41) is 9.43. The molecule has 1 aliphatic heterocycles. The second-order valence-electron chi connectivity index (χ2n) is 5.13. The van der Waals surface area contributed by atoms with Crippen molar-refractivity contribution in [2.45, 2.75) is 6.42 Å². The van der Waals surface area contributed by atoms with E-state index in [1.165, 1.54) is 4.90 Å². The van der Waals surface area contributed by atoms with E-state index in [0.29, 0.717) is 10.8 Å². The summed E-state index contributed by atoms with van der Waals surface area (Å²) in [5.41, 5.74) is 2.40. The molecule has 5 nitrogen and oxygen atoms in total. The fraction of sp³-hybridized carbons (Fsp3) is 0.188. The van der Waals surface area contributed by atoms with Crippen LogP contribution in [0.1, 0.15) is 6.42 Å². The van der Waals surface area contributed by atoms with Crippen LogP contribution in [-0.2, 0) is 9.59 Å². The molecule has 1 saturated heterocycles. The van der Waals surface area contributed by atoms with Crippen molar-refractivity contribution < 1.29 is 14.7 Å². The van der Waals surface area contributed by atoms with Crippen LogP contribution in [-0.4, -0.2) is 28.5 Å². The van der Waals surface area contributed by atoms with Crippen molar-refractivity contribution in [3.63, 3.8) is 0 Å². The first kappa shape index (κ1) is 14.5. The van der Waals surface area contributed by atoms with Gasteiger partial charge in [0.2, 0.25) is 5.91 Å². The lowest BCUT2D eigenvalue weighted by atomic mass is 10.1. The number of carboxylic acids is 1. The first-order chi connectivity index (χ1) is 10.6. The minimum Gasteiger partial charge on any atom is -0.481 e. The molecule has 1 unspecified atom stereocenters. The molecule has 1 atom stereocenters. The molecular weight excluding hydrogens is 304 g/mol. The third-order valence-electron chi connectivity index (χ3n) is 3.72. The monoisotopic (exact) mass is 316 g/mol. The number of amides is 1. The highest BCUT2D eigenvalue weighted by atomic mass is 35.5. The van der Waals surface area contributed by atoms with Crippen LogP contribution in [0.4, 0.5) is 5.69 Å².